The average molecular weight is 287 g/mol. The van der Waals surface area contributed by atoms with Crippen molar-refractivity contribution in [3.05, 3.63) is 30.5 Å². The largest absolute Gasteiger partial charge is 0.428 e. The number of carbonyl (C=O) groups excluding carboxylic acids is 2. The Bertz CT molecular complexity index is 368. The van der Waals surface area contributed by atoms with Gasteiger partial charge in [0, 0.05) is 12.0 Å². The fraction of sp³-hybridized carbons (Fsp3) is 0.417. The number of carbonyl (C=O) groups is 2. The van der Waals surface area contributed by atoms with Crippen LogP contribution in [-0.4, -0.2) is 29.2 Å². The average Bonchev–Trinajstić information content (AvgIpc) is 2.29. The van der Waals surface area contributed by atoms with Gasteiger partial charge in [-0.15, -0.1) is 0 Å². The van der Waals surface area contributed by atoms with Crippen molar-refractivity contribution in [3.8, 4) is 0 Å². The molecule has 0 saturated carbocycles. The molecule has 0 aliphatic rings. The molecule has 6 heteroatoms. The van der Waals surface area contributed by atoms with Gasteiger partial charge in [-0.05, 0) is 12.7 Å². The fourth-order valence-corrected chi connectivity index (χ4v) is 1.60. The Labute approximate surface area is 118 Å². The summed E-state index contributed by atoms with van der Waals surface area (Å²) >= 11 is 8.06. The predicted octanol–water partition coefficient (Wildman–Crippen LogP) is 1.74. The predicted molar refractivity (Wildman–Crippen MR) is 74.4 cm³/mol. The van der Waals surface area contributed by atoms with E-state index in [2.05, 4.69) is 31.8 Å². The van der Waals surface area contributed by atoms with E-state index < -0.39 is 17.7 Å². The van der Waals surface area contributed by atoms with E-state index in [1.54, 1.807) is 0 Å². The molecule has 0 aromatic carbocycles. The van der Waals surface area contributed by atoms with Crippen molar-refractivity contribution in [3.63, 3.8) is 0 Å². The highest BCUT2D eigenvalue weighted by atomic mass is 32.1. The highest BCUT2D eigenvalue weighted by Gasteiger charge is 2.37. The number of hydrogen-bond acceptors (Lipinski definition) is 6. The van der Waals surface area contributed by atoms with E-state index in [4.69, 9.17) is 16.1 Å². The number of rotatable bonds is 7. The molecule has 0 bridgehead atoms. The smallest absolute Gasteiger partial charge is 0.418 e. The molecule has 4 nitrogen and oxygen atoms in total. The van der Waals surface area contributed by atoms with E-state index in [-0.39, 0.29) is 17.7 Å². The summed E-state index contributed by atoms with van der Waals surface area (Å²) in [6, 6.07) is 0. The van der Waals surface area contributed by atoms with Crippen LogP contribution in [-0.2, 0) is 19.1 Å². The van der Waals surface area contributed by atoms with Gasteiger partial charge >= 0.3 is 11.9 Å². The van der Waals surface area contributed by atoms with Gasteiger partial charge in [-0.3, -0.25) is 0 Å². The molecule has 0 heterocycles. The Kier molecular flexibility index (Phi) is 7.48. The van der Waals surface area contributed by atoms with E-state index in [0.29, 0.717) is 5.75 Å². The van der Waals surface area contributed by atoms with Crippen LogP contribution >= 0.6 is 25.3 Å². The van der Waals surface area contributed by atoms with Crippen LogP contribution in [0.5, 0.6) is 0 Å². The van der Waals surface area contributed by atoms with Gasteiger partial charge in [0.2, 0.25) is 6.08 Å². The van der Waals surface area contributed by atoms with E-state index >= 15 is 0 Å². The van der Waals surface area contributed by atoms with Gasteiger partial charge in [0.05, 0.1) is 5.75 Å². The van der Waals surface area contributed by atoms with Crippen molar-refractivity contribution >= 4 is 37.2 Å². The minimum absolute atomic E-state index is 0.00324. The first-order valence-corrected chi connectivity index (χ1v) is 6.30. The van der Waals surface area contributed by atoms with Crippen LogP contribution in [0.15, 0.2) is 24.0 Å². The molecule has 0 rings (SSSR count). The number of ether oxygens (including phenoxy) is 2. The summed E-state index contributed by atoms with van der Waals surface area (Å²) in [5.74, 6) is -2.59. The molecule has 0 amide bonds. The zero-order valence-corrected chi connectivity index (χ0v) is 11.8. The first kappa shape index (κ1) is 16.8. The fourth-order valence-electron chi connectivity index (χ4n) is 0.974. The van der Waals surface area contributed by atoms with Gasteiger partial charge in [-0.2, -0.15) is 25.3 Å². The van der Waals surface area contributed by atoms with Crippen molar-refractivity contribution in [2.45, 2.75) is 19.1 Å². The molecular weight excluding hydrogens is 272 g/mol. The van der Waals surface area contributed by atoms with E-state index in [1.165, 1.54) is 6.92 Å². The Morgan fingerprint density at radius 3 is 2.44 bits per heavy atom. The molecule has 0 radical (unpaired) electrons. The maximum absolute atomic E-state index is 11.5. The second kappa shape index (κ2) is 8.01. The molecule has 98 valence electrons. The lowest BCUT2D eigenvalue weighted by molar-refractivity contribution is -0.214. The second-order valence-corrected chi connectivity index (χ2v) is 4.21. The Morgan fingerprint density at radius 1 is 1.44 bits per heavy atom. The van der Waals surface area contributed by atoms with Gasteiger partial charge < -0.3 is 9.47 Å². The monoisotopic (exact) mass is 287 g/mol. The van der Waals surface area contributed by atoms with Crippen molar-refractivity contribution in [1.29, 1.82) is 0 Å². The van der Waals surface area contributed by atoms with Crippen molar-refractivity contribution < 1.29 is 19.1 Å². The molecule has 0 N–H and O–H groups in total. The summed E-state index contributed by atoms with van der Waals surface area (Å²) in [4.78, 5) is 22.9. The molecule has 1 unspecified atom stereocenters. The highest BCUT2D eigenvalue weighted by Crippen LogP contribution is 2.22. The van der Waals surface area contributed by atoms with E-state index in [1.807, 2.05) is 5.73 Å². The van der Waals surface area contributed by atoms with E-state index in [0.717, 1.165) is 6.08 Å². The van der Waals surface area contributed by atoms with Crippen molar-refractivity contribution in [1.82, 2.24) is 0 Å². The third kappa shape index (κ3) is 5.43. The lowest BCUT2D eigenvalue weighted by Gasteiger charge is -2.29. The lowest BCUT2D eigenvalue weighted by atomic mass is 10.2. The number of hydrogen-bond donors (Lipinski definition) is 2. The van der Waals surface area contributed by atoms with Crippen molar-refractivity contribution in [2.75, 3.05) is 11.5 Å². The molecule has 0 saturated heterocycles. The quantitative estimate of drug-likeness (QED) is 0.187. The lowest BCUT2D eigenvalue weighted by Crippen LogP contribution is -2.42. The van der Waals surface area contributed by atoms with Crippen LogP contribution in [0.2, 0.25) is 0 Å². The van der Waals surface area contributed by atoms with Crippen LogP contribution in [0.25, 0.3) is 0 Å². The maximum Gasteiger partial charge on any atom is 0.428 e. The summed E-state index contributed by atoms with van der Waals surface area (Å²) in [6.07, 6.45) is 1.09. The summed E-state index contributed by atoms with van der Waals surface area (Å²) in [5.41, 5.74) is 2.22. The third-order valence-corrected chi connectivity index (χ3v) is 2.55. The molecule has 0 aliphatic carbocycles. The van der Waals surface area contributed by atoms with Crippen LogP contribution in [0.4, 0.5) is 0 Å². The van der Waals surface area contributed by atoms with Gasteiger partial charge in [0.15, 0.2) is 0 Å². The number of esters is 2. The zero-order valence-electron chi connectivity index (χ0n) is 10.0. The molecule has 0 spiro atoms. The molecule has 0 aliphatic heterocycles. The maximum atomic E-state index is 11.5. The van der Waals surface area contributed by atoms with Gasteiger partial charge in [-0.25, -0.2) is 9.59 Å². The van der Waals surface area contributed by atoms with E-state index in [9.17, 15) is 9.59 Å². The SMILES string of the molecule is [CH+]=C=CC(=O)OC(CS)(CCS)OC(=O)C(=C)C. The second-order valence-electron chi connectivity index (χ2n) is 3.44. The Morgan fingerprint density at radius 2 is 2.06 bits per heavy atom. The third-order valence-electron chi connectivity index (χ3n) is 1.85. The standard InChI is InChI=1S/C12H14O4S2/c1-4-5-10(13)15-12(8-18,6-7-17)16-11(14)9(2)3/h1,5H,2,6-8H2,3H3,(H-,17,18)/p+1. The molecule has 0 aromatic heterocycles. The first-order chi connectivity index (χ1) is 8.40. The molecule has 1 atom stereocenters. The van der Waals surface area contributed by atoms with Crippen molar-refractivity contribution in [2.24, 2.45) is 0 Å². The molecular formula is C12H15O4S2+. The van der Waals surface area contributed by atoms with Gasteiger partial charge in [-0.1, -0.05) is 6.58 Å². The zero-order chi connectivity index (χ0) is 14.2. The summed E-state index contributed by atoms with van der Waals surface area (Å²) in [5, 5.41) is 0. The Hall–Kier alpha value is -1.19. The number of thiol groups is 2. The summed E-state index contributed by atoms with van der Waals surface area (Å²) in [7, 11) is 0. The van der Waals surface area contributed by atoms with Crippen LogP contribution in [0, 0.1) is 6.58 Å². The summed E-state index contributed by atoms with van der Waals surface area (Å²) in [6.45, 7) is 9.89. The van der Waals surface area contributed by atoms with Crippen LogP contribution in [0.1, 0.15) is 13.3 Å². The first-order valence-electron chi connectivity index (χ1n) is 5.03. The van der Waals surface area contributed by atoms with Gasteiger partial charge in [0.1, 0.15) is 12.3 Å². The van der Waals surface area contributed by atoms with Gasteiger partial charge in [0.25, 0.3) is 5.79 Å². The normalized spacial score (nSPS) is 12.8. The molecule has 0 fully saturated rings. The minimum Gasteiger partial charge on any atom is -0.418 e. The Balaban J connectivity index is 5.02. The minimum atomic E-state index is -1.48. The topological polar surface area (TPSA) is 52.6 Å². The highest BCUT2D eigenvalue weighted by molar-refractivity contribution is 7.80. The molecule has 18 heavy (non-hydrogen) atoms. The van der Waals surface area contributed by atoms with Crippen LogP contribution < -0.4 is 0 Å². The van der Waals surface area contributed by atoms with Crippen LogP contribution in [0.3, 0.4) is 0 Å². The summed E-state index contributed by atoms with van der Waals surface area (Å²) < 4.78 is 10.2. The molecule has 0 aromatic rings.